The van der Waals surface area contributed by atoms with Crippen molar-refractivity contribution in [3.05, 3.63) is 41.2 Å². The van der Waals surface area contributed by atoms with E-state index in [1.807, 2.05) is 19.1 Å². The molecule has 0 bridgehead atoms. The van der Waals surface area contributed by atoms with Gasteiger partial charge >= 0.3 is 0 Å². The quantitative estimate of drug-likeness (QED) is 0.900. The number of rotatable bonds is 3. The van der Waals surface area contributed by atoms with Crippen molar-refractivity contribution in [1.29, 1.82) is 0 Å². The van der Waals surface area contributed by atoms with Crippen LogP contribution in [0.1, 0.15) is 35.6 Å². The van der Waals surface area contributed by atoms with Gasteiger partial charge in [0.15, 0.2) is 0 Å². The van der Waals surface area contributed by atoms with Crippen LogP contribution in [0.3, 0.4) is 0 Å². The minimum atomic E-state index is 0.678. The van der Waals surface area contributed by atoms with Crippen LogP contribution in [0.15, 0.2) is 22.9 Å². The van der Waals surface area contributed by atoms with Gasteiger partial charge in [0, 0.05) is 11.3 Å². The molecule has 2 aromatic rings. The van der Waals surface area contributed by atoms with E-state index in [9.17, 15) is 0 Å². The third-order valence-electron chi connectivity index (χ3n) is 3.35. The zero-order valence-corrected chi connectivity index (χ0v) is 10.6. The molecule has 1 aliphatic rings. The monoisotopic (exact) mass is 243 g/mol. The molecule has 2 heterocycles. The summed E-state index contributed by atoms with van der Waals surface area (Å²) < 4.78 is 5.54. The van der Waals surface area contributed by atoms with Gasteiger partial charge in [0.1, 0.15) is 23.7 Å². The highest BCUT2D eigenvalue weighted by molar-refractivity contribution is 5.47. The molecule has 0 radical (unpaired) electrons. The Balaban J connectivity index is 1.76. The maximum atomic E-state index is 5.54. The van der Waals surface area contributed by atoms with Gasteiger partial charge in [0.25, 0.3) is 0 Å². The summed E-state index contributed by atoms with van der Waals surface area (Å²) in [4.78, 5) is 8.71. The lowest BCUT2D eigenvalue weighted by Crippen LogP contribution is -2.11. The van der Waals surface area contributed by atoms with E-state index in [2.05, 4.69) is 15.3 Å². The predicted molar refractivity (Wildman–Crippen MR) is 69.4 cm³/mol. The van der Waals surface area contributed by atoms with Gasteiger partial charge in [-0.15, -0.1) is 0 Å². The fourth-order valence-electron chi connectivity index (χ4n) is 2.42. The van der Waals surface area contributed by atoms with Crippen LogP contribution >= 0.6 is 0 Å². The van der Waals surface area contributed by atoms with E-state index in [1.165, 1.54) is 24.1 Å². The summed E-state index contributed by atoms with van der Waals surface area (Å²) >= 11 is 0. The van der Waals surface area contributed by atoms with Crippen molar-refractivity contribution < 1.29 is 4.42 Å². The van der Waals surface area contributed by atoms with Crippen LogP contribution < -0.4 is 5.32 Å². The van der Waals surface area contributed by atoms with Crippen molar-refractivity contribution in [2.45, 2.75) is 39.2 Å². The van der Waals surface area contributed by atoms with E-state index >= 15 is 0 Å². The third-order valence-corrected chi connectivity index (χ3v) is 3.35. The molecule has 4 heteroatoms. The molecule has 1 N–H and O–H groups in total. The van der Waals surface area contributed by atoms with E-state index in [0.29, 0.717) is 6.54 Å². The number of nitrogens with one attached hydrogen (secondary N) is 1. The van der Waals surface area contributed by atoms with Gasteiger partial charge in [-0.05, 0) is 44.7 Å². The van der Waals surface area contributed by atoms with Gasteiger partial charge in [-0.2, -0.15) is 0 Å². The first-order valence-electron chi connectivity index (χ1n) is 6.45. The van der Waals surface area contributed by atoms with Crippen molar-refractivity contribution in [3.8, 4) is 0 Å². The summed E-state index contributed by atoms with van der Waals surface area (Å²) in [6.45, 7) is 2.63. The second-order valence-corrected chi connectivity index (χ2v) is 4.72. The Bertz CT molecular complexity index is 548. The van der Waals surface area contributed by atoms with Gasteiger partial charge in [0.05, 0.1) is 6.54 Å². The molecule has 2 aromatic heterocycles. The number of furan rings is 1. The normalized spacial score (nSPS) is 14.3. The number of nitrogens with zero attached hydrogens (tertiary/aromatic N) is 2. The Kier molecular flexibility index (Phi) is 3.00. The van der Waals surface area contributed by atoms with Crippen LogP contribution in [0.4, 0.5) is 5.82 Å². The SMILES string of the molecule is Cc1ccc(CNc2ncnc3c2CCCC3)o1. The first-order valence-corrected chi connectivity index (χ1v) is 6.45. The molecule has 0 aliphatic heterocycles. The zero-order chi connectivity index (χ0) is 12.4. The highest BCUT2D eigenvalue weighted by Gasteiger charge is 2.15. The molecule has 94 valence electrons. The predicted octanol–water partition coefficient (Wildman–Crippen LogP) is 2.87. The fraction of sp³-hybridized carbons (Fsp3) is 0.429. The molecule has 3 rings (SSSR count). The summed E-state index contributed by atoms with van der Waals surface area (Å²) in [6, 6.07) is 3.97. The van der Waals surface area contributed by atoms with Gasteiger partial charge in [-0.3, -0.25) is 0 Å². The Hall–Kier alpha value is -1.84. The van der Waals surface area contributed by atoms with Gasteiger partial charge < -0.3 is 9.73 Å². The van der Waals surface area contributed by atoms with Crippen LogP contribution in [0.5, 0.6) is 0 Å². The zero-order valence-electron chi connectivity index (χ0n) is 10.6. The molecule has 0 unspecified atom stereocenters. The number of aryl methyl sites for hydroxylation is 2. The molecule has 0 atom stereocenters. The first kappa shape index (κ1) is 11.3. The summed E-state index contributed by atoms with van der Waals surface area (Å²) in [6.07, 6.45) is 6.28. The molecule has 1 aliphatic carbocycles. The van der Waals surface area contributed by atoms with Crippen LogP contribution in [0, 0.1) is 6.92 Å². The molecule has 0 saturated heterocycles. The molecule has 0 spiro atoms. The van der Waals surface area contributed by atoms with Crippen LogP contribution in [0.2, 0.25) is 0 Å². The summed E-state index contributed by atoms with van der Waals surface area (Å²) in [7, 11) is 0. The molecule has 18 heavy (non-hydrogen) atoms. The molecular weight excluding hydrogens is 226 g/mol. The van der Waals surface area contributed by atoms with Gasteiger partial charge in [0.2, 0.25) is 0 Å². The standard InChI is InChI=1S/C14H17N3O/c1-10-6-7-11(18-10)8-15-14-12-4-2-3-5-13(12)16-9-17-14/h6-7,9H,2-5,8H2,1H3,(H,15,16,17). The Morgan fingerprint density at radius 3 is 2.94 bits per heavy atom. The number of hydrogen-bond acceptors (Lipinski definition) is 4. The maximum Gasteiger partial charge on any atom is 0.133 e. The average molecular weight is 243 g/mol. The maximum absolute atomic E-state index is 5.54. The van der Waals surface area contributed by atoms with Crippen molar-refractivity contribution >= 4 is 5.82 Å². The van der Waals surface area contributed by atoms with E-state index in [1.54, 1.807) is 6.33 Å². The van der Waals surface area contributed by atoms with E-state index in [4.69, 9.17) is 4.42 Å². The molecule has 0 aromatic carbocycles. The second-order valence-electron chi connectivity index (χ2n) is 4.72. The number of fused-ring (bicyclic) bond motifs is 1. The fourth-order valence-corrected chi connectivity index (χ4v) is 2.42. The molecule has 0 fully saturated rings. The largest absolute Gasteiger partial charge is 0.465 e. The summed E-state index contributed by atoms with van der Waals surface area (Å²) in [5.74, 6) is 2.85. The first-order chi connectivity index (χ1) is 8.83. The summed E-state index contributed by atoms with van der Waals surface area (Å²) in [5.41, 5.74) is 2.49. The third kappa shape index (κ3) is 2.23. The highest BCUT2D eigenvalue weighted by atomic mass is 16.3. The van der Waals surface area contributed by atoms with Crippen LogP contribution in [-0.2, 0) is 19.4 Å². The minimum Gasteiger partial charge on any atom is -0.465 e. The van der Waals surface area contributed by atoms with Crippen molar-refractivity contribution in [3.63, 3.8) is 0 Å². The number of hydrogen-bond donors (Lipinski definition) is 1. The van der Waals surface area contributed by atoms with Gasteiger partial charge in [-0.1, -0.05) is 0 Å². The smallest absolute Gasteiger partial charge is 0.133 e. The lowest BCUT2D eigenvalue weighted by atomic mass is 9.96. The Labute approximate surface area is 106 Å². The van der Waals surface area contributed by atoms with E-state index in [-0.39, 0.29) is 0 Å². The van der Waals surface area contributed by atoms with Crippen molar-refractivity contribution in [2.24, 2.45) is 0 Å². The minimum absolute atomic E-state index is 0.678. The van der Waals surface area contributed by atoms with Gasteiger partial charge in [-0.25, -0.2) is 9.97 Å². The topological polar surface area (TPSA) is 51.0 Å². The lowest BCUT2D eigenvalue weighted by Gasteiger charge is -2.17. The lowest BCUT2D eigenvalue weighted by molar-refractivity contribution is 0.490. The number of anilines is 1. The molecule has 4 nitrogen and oxygen atoms in total. The van der Waals surface area contributed by atoms with Crippen LogP contribution in [-0.4, -0.2) is 9.97 Å². The molecule has 0 amide bonds. The van der Waals surface area contributed by atoms with Crippen molar-refractivity contribution in [2.75, 3.05) is 5.32 Å². The van der Waals surface area contributed by atoms with Crippen LogP contribution in [0.25, 0.3) is 0 Å². The van der Waals surface area contributed by atoms with E-state index in [0.717, 1.165) is 30.2 Å². The summed E-state index contributed by atoms with van der Waals surface area (Å²) in [5, 5.41) is 3.36. The van der Waals surface area contributed by atoms with Crippen molar-refractivity contribution in [1.82, 2.24) is 9.97 Å². The average Bonchev–Trinajstić information content (AvgIpc) is 2.82. The number of aromatic nitrogens is 2. The van der Waals surface area contributed by atoms with E-state index < -0.39 is 0 Å². The Morgan fingerprint density at radius 2 is 2.11 bits per heavy atom. The molecule has 0 saturated carbocycles. The highest BCUT2D eigenvalue weighted by Crippen LogP contribution is 2.24. The Morgan fingerprint density at radius 1 is 1.22 bits per heavy atom. The molecular formula is C14H17N3O. The second kappa shape index (κ2) is 4.80.